The fraction of sp³-hybridized carbons (Fsp3) is 0.367. The normalized spacial score (nSPS) is 19.5. The van der Waals surface area contributed by atoms with Crippen LogP contribution < -0.4 is 15.8 Å². The Morgan fingerprint density at radius 2 is 1.74 bits per heavy atom. The van der Waals surface area contributed by atoms with Crippen molar-refractivity contribution in [2.45, 2.75) is 32.7 Å². The molecule has 0 bridgehead atoms. The number of nitrogens with zero attached hydrogens (tertiary/aromatic N) is 3. The molecule has 3 aromatic rings. The van der Waals surface area contributed by atoms with Gasteiger partial charge in [0.25, 0.3) is 5.91 Å². The molecule has 1 fully saturated rings. The Labute approximate surface area is 223 Å². The SMILES string of the molecule is C=CC(=O)N1CCC(C2C(C(C)C)CNc3c(C(N)=O)c(-c4ccc(Oc5ccccc5)cc4)nn32)CC1. The van der Waals surface area contributed by atoms with Crippen molar-refractivity contribution in [3.8, 4) is 22.8 Å². The van der Waals surface area contributed by atoms with Crippen LogP contribution in [-0.4, -0.2) is 46.1 Å². The van der Waals surface area contributed by atoms with Gasteiger partial charge in [-0.15, -0.1) is 0 Å². The third-order valence-electron chi connectivity index (χ3n) is 7.85. The topological polar surface area (TPSA) is 102 Å². The van der Waals surface area contributed by atoms with Crippen LogP contribution in [-0.2, 0) is 4.79 Å². The highest BCUT2D eigenvalue weighted by molar-refractivity contribution is 6.03. The number of aromatic nitrogens is 2. The van der Waals surface area contributed by atoms with E-state index in [0.29, 0.717) is 53.7 Å². The molecule has 2 aromatic carbocycles. The molecule has 0 aliphatic carbocycles. The first-order valence-electron chi connectivity index (χ1n) is 13.3. The Balaban J connectivity index is 1.48. The number of nitrogens with two attached hydrogens (primary N) is 1. The molecule has 8 heteroatoms. The van der Waals surface area contributed by atoms with Crippen molar-refractivity contribution in [3.05, 3.63) is 72.8 Å². The fourth-order valence-electron chi connectivity index (χ4n) is 5.85. The summed E-state index contributed by atoms with van der Waals surface area (Å²) in [7, 11) is 0. The molecule has 3 heterocycles. The smallest absolute Gasteiger partial charge is 0.254 e. The number of likely N-dealkylation sites (tertiary alicyclic amines) is 1. The molecule has 2 atom stereocenters. The number of para-hydroxylation sites is 1. The van der Waals surface area contributed by atoms with Gasteiger partial charge in [0, 0.05) is 31.1 Å². The number of piperidine rings is 1. The van der Waals surface area contributed by atoms with Gasteiger partial charge in [-0.05, 0) is 67.2 Å². The van der Waals surface area contributed by atoms with E-state index in [4.69, 9.17) is 15.6 Å². The maximum atomic E-state index is 12.7. The first kappa shape index (κ1) is 25.6. The number of carbonyl (C=O) groups is 2. The van der Waals surface area contributed by atoms with E-state index in [9.17, 15) is 9.59 Å². The summed E-state index contributed by atoms with van der Waals surface area (Å²) in [4.78, 5) is 26.7. The molecule has 5 rings (SSSR count). The van der Waals surface area contributed by atoms with E-state index in [-0.39, 0.29) is 11.9 Å². The lowest BCUT2D eigenvalue weighted by atomic mass is 9.76. The third kappa shape index (κ3) is 4.90. The van der Waals surface area contributed by atoms with Crippen molar-refractivity contribution in [1.29, 1.82) is 0 Å². The molecule has 2 amide bonds. The molecule has 1 saturated heterocycles. The summed E-state index contributed by atoms with van der Waals surface area (Å²) in [6, 6.07) is 17.3. The lowest BCUT2D eigenvalue weighted by molar-refractivity contribution is -0.127. The van der Waals surface area contributed by atoms with Crippen LogP contribution in [0.4, 0.5) is 5.82 Å². The van der Waals surface area contributed by atoms with E-state index in [1.165, 1.54) is 6.08 Å². The molecule has 198 valence electrons. The van der Waals surface area contributed by atoms with E-state index < -0.39 is 5.91 Å². The maximum Gasteiger partial charge on any atom is 0.254 e. The van der Waals surface area contributed by atoms with Crippen molar-refractivity contribution in [3.63, 3.8) is 0 Å². The van der Waals surface area contributed by atoms with Gasteiger partial charge >= 0.3 is 0 Å². The number of primary amides is 1. The number of ether oxygens (including phenoxy) is 1. The number of amides is 2. The van der Waals surface area contributed by atoms with Gasteiger partial charge in [-0.2, -0.15) is 5.10 Å². The van der Waals surface area contributed by atoms with Crippen molar-refractivity contribution < 1.29 is 14.3 Å². The largest absolute Gasteiger partial charge is 0.457 e. The predicted octanol–water partition coefficient (Wildman–Crippen LogP) is 5.10. The molecule has 0 radical (unpaired) electrons. The van der Waals surface area contributed by atoms with Gasteiger partial charge in [0.15, 0.2) is 0 Å². The average Bonchev–Trinajstić information content (AvgIpc) is 3.33. The summed E-state index contributed by atoms with van der Waals surface area (Å²) >= 11 is 0. The molecule has 0 saturated carbocycles. The third-order valence-corrected chi connectivity index (χ3v) is 7.85. The van der Waals surface area contributed by atoms with Crippen LogP contribution in [0.3, 0.4) is 0 Å². The van der Waals surface area contributed by atoms with Gasteiger partial charge < -0.3 is 20.7 Å². The maximum absolute atomic E-state index is 12.7. The Bertz CT molecular complexity index is 1310. The van der Waals surface area contributed by atoms with E-state index >= 15 is 0 Å². The first-order valence-corrected chi connectivity index (χ1v) is 13.3. The van der Waals surface area contributed by atoms with Crippen LogP contribution in [0.25, 0.3) is 11.3 Å². The number of fused-ring (bicyclic) bond motifs is 1. The Morgan fingerprint density at radius 1 is 1.08 bits per heavy atom. The van der Waals surface area contributed by atoms with E-state index in [1.807, 2.05) is 64.2 Å². The van der Waals surface area contributed by atoms with E-state index in [1.54, 1.807) is 0 Å². The molecule has 2 unspecified atom stereocenters. The molecule has 1 aromatic heterocycles. The van der Waals surface area contributed by atoms with Crippen molar-refractivity contribution >= 4 is 17.6 Å². The standard InChI is InChI=1S/C30H35N5O3/c1-4-25(36)34-16-14-21(15-17-34)28-24(19(2)3)18-32-30-26(29(31)37)27(33-35(28)30)20-10-12-23(13-11-20)38-22-8-6-5-7-9-22/h4-13,19,21,24,28,32H,1,14-18H2,2-3H3,(H2,31,37). The Hall–Kier alpha value is -4.07. The van der Waals surface area contributed by atoms with Crippen LogP contribution >= 0.6 is 0 Å². The number of anilines is 1. The number of benzene rings is 2. The number of hydrogen-bond donors (Lipinski definition) is 2. The lowest BCUT2D eigenvalue weighted by Crippen LogP contribution is -2.45. The zero-order valence-corrected chi connectivity index (χ0v) is 22.0. The molecule has 2 aliphatic heterocycles. The highest BCUT2D eigenvalue weighted by Gasteiger charge is 2.41. The van der Waals surface area contributed by atoms with E-state index in [2.05, 4.69) is 25.7 Å². The summed E-state index contributed by atoms with van der Waals surface area (Å²) < 4.78 is 7.94. The minimum absolute atomic E-state index is 0.0214. The molecular formula is C30H35N5O3. The van der Waals surface area contributed by atoms with Crippen molar-refractivity contribution in [1.82, 2.24) is 14.7 Å². The number of hydrogen-bond acceptors (Lipinski definition) is 5. The summed E-state index contributed by atoms with van der Waals surface area (Å²) in [5.74, 6) is 2.66. The zero-order valence-electron chi connectivity index (χ0n) is 22.0. The number of rotatable bonds is 7. The second-order valence-electron chi connectivity index (χ2n) is 10.5. The summed E-state index contributed by atoms with van der Waals surface area (Å²) in [5, 5.41) is 8.51. The minimum Gasteiger partial charge on any atom is -0.457 e. The predicted molar refractivity (Wildman–Crippen MR) is 148 cm³/mol. The summed E-state index contributed by atoms with van der Waals surface area (Å²) in [6.45, 7) is 10.2. The molecule has 2 aliphatic rings. The van der Waals surface area contributed by atoms with Gasteiger partial charge in [-0.1, -0.05) is 38.6 Å². The molecule has 3 N–H and O–H groups in total. The van der Waals surface area contributed by atoms with Gasteiger partial charge in [0.1, 0.15) is 28.6 Å². The van der Waals surface area contributed by atoms with E-state index in [0.717, 1.165) is 30.7 Å². The van der Waals surface area contributed by atoms with Gasteiger partial charge in [0.2, 0.25) is 5.91 Å². The van der Waals surface area contributed by atoms with Crippen LogP contribution in [0.1, 0.15) is 43.1 Å². The second kappa shape index (κ2) is 10.7. The monoisotopic (exact) mass is 513 g/mol. The average molecular weight is 514 g/mol. The fourth-order valence-corrected chi connectivity index (χ4v) is 5.85. The molecule has 8 nitrogen and oxygen atoms in total. The molecular weight excluding hydrogens is 478 g/mol. The lowest BCUT2D eigenvalue weighted by Gasteiger charge is -2.43. The Kier molecular flexibility index (Phi) is 7.22. The highest BCUT2D eigenvalue weighted by Crippen LogP contribution is 2.44. The first-order chi connectivity index (χ1) is 18.4. The van der Waals surface area contributed by atoms with Gasteiger partial charge in [0.05, 0.1) is 6.04 Å². The quantitative estimate of drug-likeness (QED) is 0.428. The number of carbonyl (C=O) groups excluding carboxylic acids is 2. The molecule has 0 spiro atoms. The van der Waals surface area contributed by atoms with Gasteiger partial charge in [-0.25, -0.2) is 4.68 Å². The van der Waals surface area contributed by atoms with Gasteiger partial charge in [-0.3, -0.25) is 9.59 Å². The summed E-state index contributed by atoms with van der Waals surface area (Å²) in [5.41, 5.74) is 7.71. The Morgan fingerprint density at radius 3 is 2.34 bits per heavy atom. The van der Waals surface area contributed by atoms with Crippen LogP contribution in [0.5, 0.6) is 11.5 Å². The molecule has 38 heavy (non-hydrogen) atoms. The van der Waals surface area contributed by atoms with Crippen LogP contribution in [0.2, 0.25) is 0 Å². The minimum atomic E-state index is -0.508. The summed E-state index contributed by atoms with van der Waals surface area (Å²) in [6.07, 6.45) is 3.13. The number of nitrogens with one attached hydrogen (secondary N) is 1. The zero-order chi connectivity index (χ0) is 26.8. The van der Waals surface area contributed by atoms with Crippen molar-refractivity contribution in [2.75, 3.05) is 25.0 Å². The second-order valence-corrected chi connectivity index (χ2v) is 10.5. The highest BCUT2D eigenvalue weighted by atomic mass is 16.5. The van der Waals surface area contributed by atoms with Crippen molar-refractivity contribution in [2.24, 2.45) is 23.5 Å². The van der Waals surface area contributed by atoms with Crippen LogP contribution in [0, 0.1) is 17.8 Å². The van der Waals surface area contributed by atoms with Crippen LogP contribution in [0.15, 0.2) is 67.3 Å².